The van der Waals surface area contributed by atoms with Crippen LogP contribution < -0.4 is 5.32 Å². The third kappa shape index (κ3) is 5.56. The van der Waals surface area contributed by atoms with Gasteiger partial charge in [0.2, 0.25) is 0 Å². The molecule has 0 saturated heterocycles. The summed E-state index contributed by atoms with van der Waals surface area (Å²) in [5.74, 6) is 1.75. The fraction of sp³-hybridized carbons (Fsp3) is 1.00. The zero-order valence-corrected chi connectivity index (χ0v) is 14.7. The van der Waals surface area contributed by atoms with E-state index in [2.05, 4.69) is 31.0 Å². The van der Waals surface area contributed by atoms with E-state index < -0.39 is 0 Å². The molecule has 2 atom stereocenters. The molecule has 2 rings (SSSR count). The minimum atomic E-state index is 0.799. The van der Waals surface area contributed by atoms with Crippen LogP contribution in [-0.4, -0.2) is 36.6 Å². The normalized spacial score (nSPS) is 27.3. The number of nitrogens with one attached hydrogen (secondary N) is 1. The average Bonchev–Trinajstić information content (AvgIpc) is 3.12. The Kier molecular flexibility index (Phi) is 7.53. The largest absolute Gasteiger partial charge is 0.314 e. The van der Waals surface area contributed by atoms with E-state index in [4.69, 9.17) is 0 Å². The molecule has 0 radical (unpaired) electrons. The van der Waals surface area contributed by atoms with Gasteiger partial charge in [-0.3, -0.25) is 0 Å². The first-order valence-corrected chi connectivity index (χ1v) is 9.68. The molecule has 0 aliphatic heterocycles. The van der Waals surface area contributed by atoms with Gasteiger partial charge in [-0.05, 0) is 63.5 Å². The smallest absolute Gasteiger partial charge is 0.0107 e. The van der Waals surface area contributed by atoms with Crippen molar-refractivity contribution in [3.63, 3.8) is 0 Å². The summed E-state index contributed by atoms with van der Waals surface area (Å²) in [5.41, 5.74) is 0. The topological polar surface area (TPSA) is 15.3 Å². The van der Waals surface area contributed by atoms with E-state index in [0.717, 1.165) is 23.9 Å². The first-order chi connectivity index (χ1) is 10.2. The lowest BCUT2D eigenvalue weighted by Crippen LogP contribution is -2.43. The van der Waals surface area contributed by atoms with Crippen LogP contribution in [-0.2, 0) is 0 Å². The molecule has 1 N–H and O–H groups in total. The molecule has 2 nitrogen and oxygen atoms in total. The molecule has 124 valence electrons. The fourth-order valence-corrected chi connectivity index (χ4v) is 4.27. The predicted molar refractivity (Wildman–Crippen MR) is 92.7 cm³/mol. The second kappa shape index (κ2) is 9.15. The summed E-state index contributed by atoms with van der Waals surface area (Å²) in [6.45, 7) is 10.9. The Balaban J connectivity index is 1.86. The molecule has 2 aliphatic rings. The van der Waals surface area contributed by atoms with Gasteiger partial charge in [-0.1, -0.05) is 40.0 Å². The standard InChI is InChI=1S/C19H38N2/c1-4-13-20-19-11-7-8-17(19)15-21(14-12-16(2)3)18-9-5-6-10-18/h16-20H,4-15H2,1-3H3. The summed E-state index contributed by atoms with van der Waals surface area (Å²) in [7, 11) is 0. The van der Waals surface area contributed by atoms with Crippen LogP contribution in [0.3, 0.4) is 0 Å². The molecule has 0 aromatic rings. The van der Waals surface area contributed by atoms with Gasteiger partial charge >= 0.3 is 0 Å². The highest BCUT2D eigenvalue weighted by Crippen LogP contribution is 2.30. The van der Waals surface area contributed by atoms with Crippen molar-refractivity contribution in [3.05, 3.63) is 0 Å². The second-order valence-corrected chi connectivity index (χ2v) is 7.87. The first-order valence-electron chi connectivity index (χ1n) is 9.68. The predicted octanol–water partition coefficient (Wildman–Crippen LogP) is 4.45. The van der Waals surface area contributed by atoms with Crippen molar-refractivity contribution in [2.24, 2.45) is 11.8 Å². The van der Waals surface area contributed by atoms with Gasteiger partial charge in [0, 0.05) is 18.6 Å². The van der Waals surface area contributed by atoms with E-state index in [9.17, 15) is 0 Å². The molecule has 0 heterocycles. The van der Waals surface area contributed by atoms with Crippen molar-refractivity contribution in [2.75, 3.05) is 19.6 Å². The molecule has 2 fully saturated rings. The summed E-state index contributed by atoms with van der Waals surface area (Å²) in [4.78, 5) is 2.88. The second-order valence-electron chi connectivity index (χ2n) is 7.87. The zero-order valence-electron chi connectivity index (χ0n) is 14.7. The van der Waals surface area contributed by atoms with Gasteiger partial charge in [0.1, 0.15) is 0 Å². The maximum absolute atomic E-state index is 3.82. The Labute approximate surface area is 133 Å². The van der Waals surface area contributed by atoms with Crippen LogP contribution in [0.15, 0.2) is 0 Å². The maximum atomic E-state index is 3.82. The SMILES string of the molecule is CCCNC1CCCC1CN(CCC(C)C)C1CCCC1. The third-order valence-electron chi connectivity index (χ3n) is 5.62. The molecule has 0 amide bonds. The molecule has 0 aromatic carbocycles. The molecule has 2 saturated carbocycles. The van der Waals surface area contributed by atoms with Gasteiger partial charge in [0.25, 0.3) is 0 Å². The van der Waals surface area contributed by atoms with Crippen LogP contribution in [0.2, 0.25) is 0 Å². The minimum Gasteiger partial charge on any atom is -0.314 e. The van der Waals surface area contributed by atoms with Crippen LogP contribution in [0.25, 0.3) is 0 Å². The molecule has 21 heavy (non-hydrogen) atoms. The number of hydrogen-bond donors (Lipinski definition) is 1. The van der Waals surface area contributed by atoms with E-state index in [0.29, 0.717) is 0 Å². The fourth-order valence-electron chi connectivity index (χ4n) is 4.27. The van der Waals surface area contributed by atoms with Crippen LogP contribution >= 0.6 is 0 Å². The molecule has 0 bridgehead atoms. The van der Waals surface area contributed by atoms with Crippen molar-refractivity contribution in [1.29, 1.82) is 0 Å². The van der Waals surface area contributed by atoms with Gasteiger partial charge in [-0.25, -0.2) is 0 Å². The molecular weight excluding hydrogens is 256 g/mol. The summed E-state index contributed by atoms with van der Waals surface area (Å²) in [6.07, 6.45) is 12.8. The molecule has 0 spiro atoms. The highest BCUT2D eigenvalue weighted by atomic mass is 15.2. The van der Waals surface area contributed by atoms with Crippen LogP contribution in [0.5, 0.6) is 0 Å². The molecule has 2 unspecified atom stereocenters. The van der Waals surface area contributed by atoms with Crippen LogP contribution in [0.4, 0.5) is 0 Å². The first kappa shape index (κ1) is 17.3. The van der Waals surface area contributed by atoms with E-state index in [1.807, 2.05) is 0 Å². The van der Waals surface area contributed by atoms with Crippen molar-refractivity contribution in [1.82, 2.24) is 10.2 Å². The van der Waals surface area contributed by atoms with E-state index >= 15 is 0 Å². The van der Waals surface area contributed by atoms with Crippen LogP contribution in [0, 0.1) is 11.8 Å². The lowest BCUT2D eigenvalue weighted by Gasteiger charge is -2.34. The van der Waals surface area contributed by atoms with Crippen molar-refractivity contribution < 1.29 is 0 Å². The van der Waals surface area contributed by atoms with Gasteiger partial charge in [-0.15, -0.1) is 0 Å². The molecule has 2 aliphatic carbocycles. The summed E-state index contributed by atoms with van der Waals surface area (Å²) < 4.78 is 0. The Morgan fingerprint density at radius 3 is 2.48 bits per heavy atom. The molecule has 0 aromatic heterocycles. The zero-order chi connectivity index (χ0) is 15.1. The average molecular weight is 295 g/mol. The van der Waals surface area contributed by atoms with Crippen molar-refractivity contribution in [3.8, 4) is 0 Å². The summed E-state index contributed by atoms with van der Waals surface area (Å²) in [5, 5.41) is 3.82. The number of rotatable bonds is 9. The van der Waals surface area contributed by atoms with Gasteiger partial charge in [-0.2, -0.15) is 0 Å². The molecule has 2 heteroatoms. The van der Waals surface area contributed by atoms with Crippen molar-refractivity contribution >= 4 is 0 Å². The van der Waals surface area contributed by atoms with Gasteiger partial charge < -0.3 is 10.2 Å². The third-order valence-corrected chi connectivity index (χ3v) is 5.62. The van der Waals surface area contributed by atoms with Gasteiger partial charge in [0.05, 0.1) is 0 Å². The monoisotopic (exact) mass is 294 g/mol. The lowest BCUT2D eigenvalue weighted by atomic mass is 10.00. The quantitative estimate of drug-likeness (QED) is 0.676. The Hall–Kier alpha value is -0.0800. The Morgan fingerprint density at radius 2 is 1.81 bits per heavy atom. The van der Waals surface area contributed by atoms with Crippen molar-refractivity contribution in [2.45, 2.75) is 90.6 Å². The lowest BCUT2D eigenvalue weighted by molar-refractivity contribution is 0.150. The number of hydrogen-bond acceptors (Lipinski definition) is 2. The maximum Gasteiger partial charge on any atom is 0.0107 e. The summed E-state index contributed by atoms with van der Waals surface area (Å²) >= 11 is 0. The highest BCUT2D eigenvalue weighted by Gasteiger charge is 2.31. The van der Waals surface area contributed by atoms with Gasteiger partial charge in [0.15, 0.2) is 0 Å². The van der Waals surface area contributed by atoms with E-state index in [1.165, 1.54) is 77.4 Å². The van der Waals surface area contributed by atoms with E-state index in [1.54, 1.807) is 0 Å². The highest BCUT2D eigenvalue weighted by molar-refractivity contribution is 4.88. The Morgan fingerprint density at radius 1 is 1.05 bits per heavy atom. The van der Waals surface area contributed by atoms with Crippen LogP contribution in [0.1, 0.15) is 78.6 Å². The number of nitrogens with zero attached hydrogens (tertiary/aromatic N) is 1. The Bertz CT molecular complexity index is 271. The minimum absolute atomic E-state index is 0.799. The van der Waals surface area contributed by atoms with E-state index in [-0.39, 0.29) is 0 Å². The summed E-state index contributed by atoms with van der Waals surface area (Å²) in [6, 6.07) is 1.70. The molecular formula is C19H38N2.